The minimum Gasteiger partial charge on any atom is -0.379 e. The van der Waals surface area contributed by atoms with Crippen molar-refractivity contribution in [3.63, 3.8) is 0 Å². The molecule has 0 aliphatic heterocycles. The van der Waals surface area contributed by atoms with Crippen LogP contribution in [0.25, 0.3) is 0 Å². The molecule has 0 heterocycles. The van der Waals surface area contributed by atoms with Gasteiger partial charge in [-0.05, 0) is 5.56 Å². The first-order valence-corrected chi connectivity index (χ1v) is 9.91. The molecule has 0 aliphatic rings. The van der Waals surface area contributed by atoms with Crippen molar-refractivity contribution in [1.82, 2.24) is 21.3 Å². The lowest BCUT2D eigenvalue weighted by Crippen LogP contribution is -2.51. The van der Waals surface area contributed by atoms with Crippen molar-refractivity contribution >= 4 is 30.0 Å². The zero-order chi connectivity index (χ0) is 23.6. The Labute approximate surface area is 185 Å². The molecular weight excluding hydrogens is 422 g/mol. The summed E-state index contributed by atoms with van der Waals surface area (Å²) in [5, 5.41) is 9.69. The smallest absolute Gasteiger partial charge is 0.243 e. The minimum absolute atomic E-state index is 0.0879. The first kappa shape index (κ1) is 26.5. The third kappa shape index (κ3) is 12.9. The van der Waals surface area contributed by atoms with Gasteiger partial charge in [0.05, 0.1) is 32.9 Å². The fourth-order valence-electron chi connectivity index (χ4n) is 2.39. The van der Waals surface area contributed by atoms with Gasteiger partial charge in [-0.1, -0.05) is 30.3 Å². The summed E-state index contributed by atoms with van der Waals surface area (Å²) in [6.07, 6.45) is 0.710. The second-order valence-corrected chi connectivity index (χ2v) is 6.51. The van der Waals surface area contributed by atoms with Crippen LogP contribution >= 0.6 is 0 Å². The number of ether oxygens (including phenoxy) is 2. The van der Waals surface area contributed by atoms with Crippen molar-refractivity contribution in [2.75, 3.05) is 39.6 Å². The standard InChI is InChI=1S/C20H29N5O7/c21-17(27)6-7-31-8-9-32-14-24-18(28)12-23-20(30)16(25-19(29)11-22-13-26)10-15-4-2-1-3-5-15/h1-5,13,16H,6-12,14H2,(H2,21,27)(H,22,26)(H,23,30)(H,24,28)(H,25,29). The second-order valence-electron chi connectivity index (χ2n) is 6.51. The van der Waals surface area contributed by atoms with Gasteiger partial charge in [0.15, 0.2) is 0 Å². The zero-order valence-corrected chi connectivity index (χ0v) is 17.6. The van der Waals surface area contributed by atoms with Crippen molar-refractivity contribution in [2.45, 2.75) is 18.9 Å². The minimum atomic E-state index is -0.931. The van der Waals surface area contributed by atoms with E-state index < -0.39 is 29.7 Å². The predicted molar refractivity (Wildman–Crippen MR) is 113 cm³/mol. The van der Waals surface area contributed by atoms with E-state index >= 15 is 0 Å². The number of benzene rings is 1. The van der Waals surface area contributed by atoms with Crippen LogP contribution in [0.4, 0.5) is 0 Å². The van der Waals surface area contributed by atoms with Crippen LogP contribution < -0.4 is 27.0 Å². The molecule has 0 aliphatic carbocycles. The molecule has 12 nitrogen and oxygen atoms in total. The topological polar surface area (TPSA) is 178 Å². The molecule has 0 radical (unpaired) electrons. The molecule has 176 valence electrons. The lowest BCUT2D eigenvalue weighted by Gasteiger charge is -2.18. The Kier molecular flexibility index (Phi) is 13.4. The Morgan fingerprint density at radius 1 is 0.938 bits per heavy atom. The summed E-state index contributed by atoms with van der Waals surface area (Å²) >= 11 is 0. The maximum atomic E-state index is 12.5. The lowest BCUT2D eigenvalue weighted by molar-refractivity contribution is -0.130. The van der Waals surface area contributed by atoms with Crippen LogP contribution in [0.15, 0.2) is 30.3 Å². The largest absolute Gasteiger partial charge is 0.379 e. The number of amides is 5. The second kappa shape index (κ2) is 16.2. The summed E-state index contributed by atoms with van der Waals surface area (Å²) in [4.78, 5) is 57.2. The van der Waals surface area contributed by atoms with Crippen molar-refractivity contribution in [1.29, 1.82) is 0 Å². The number of primary amides is 1. The summed E-state index contributed by atoms with van der Waals surface area (Å²) in [7, 11) is 0. The fraction of sp³-hybridized carbons (Fsp3) is 0.450. The zero-order valence-electron chi connectivity index (χ0n) is 17.6. The van der Waals surface area contributed by atoms with Gasteiger partial charge in [-0.2, -0.15) is 0 Å². The molecule has 1 rings (SSSR count). The van der Waals surface area contributed by atoms with E-state index in [1.54, 1.807) is 24.3 Å². The van der Waals surface area contributed by atoms with Gasteiger partial charge >= 0.3 is 0 Å². The van der Waals surface area contributed by atoms with Crippen LogP contribution in [0.3, 0.4) is 0 Å². The number of nitrogens with two attached hydrogens (primary N) is 1. The molecule has 1 aromatic carbocycles. The van der Waals surface area contributed by atoms with Gasteiger partial charge in [0.2, 0.25) is 30.0 Å². The molecule has 1 aromatic rings. The van der Waals surface area contributed by atoms with Gasteiger partial charge in [0.1, 0.15) is 12.8 Å². The van der Waals surface area contributed by atoms with Crippen molar-refractivity contribution in [3.05, 3.63) is 35.9 Å². The van der Waals surface area contributed by atoms with Gasteiger partial charge in [0.25, 0.3) is 0 Å². The van der Waals surface area contributed by atoms with E-state index in [0.29, 0.717) is 6.41 Å². The molecule has 6 N–H and O–H groups in total. The molecule has 12 heteroatoms. The predicted octanol–water partition coefficient (Wildman–Crippen LogP) is -2.44. The van der Waals surface area contributed by atoms with Gasteiger partial charge in [-0.15, -0.1) is 0 Å². The first-order valence-electron chi connectivity index (χ1n) is 9.91. The van der Waals surface area contributed by atoms with E-state index in [1.807, 2.05) is 6.07 Å². The quantitative estimate of drug-likeness (QED) is 0.0991. The van der Waals surface area contributed by atoms with Crippen molar-refractivity contribution in [3.8, 4) is 0 Å². The van der Waals surface area contributed by atoms with E-state index in [4.69, 9.17) is 15.2 Å². The summed E-state index contributed by atoms with van der Waals surface area (Å²) in [5.74, 6) is -2.03. The summed E-state index contributed by atoms with van der Waals surface area (Å²) in [6.45, 7) is -0.0410. The maximum absolute atomic E-state index is 12.5. The Bertz CT molecular complexity index is 745. The normalized spacial score (nSPS) is 11.1. The number of nitrogens with one attached hydrogen (secondary N) is 4. The van der Waals surface area contributed by atoms with Gasteiger partial charge in [-0.3, -0.25) is 24.0 Å². The van der Waals surface area contributed by atoms with Crippen molar-refractivity contribution < 1.29 is 33.4 Å². The van der Waals surface area contributed by atoms with Crippen molar-refractivity contribution in [2.24, 2.45) is 5.73 Å². The number of hydrogen-bond donors (Lipinski definition) is 5. The van der Waals surface area contributed by atoms with Crippen LogP contribution in [0.2, 0.25) is 0 Å². The maximum Gasteiger partial charge on any atom is 0.243 e. The average Bonchev–Trinajstić information content (AvgIpc) is 2.77. The molecule has 0 spiro atoms. The highest BCUT2D eigenvalue weighted by Gasteiger charge is 2.21. The van der Waals surface area contributed by atoms with Gasteiger partial charge in [0, 0.05) is 12.8 Å². The summed E-state index contributed by atoms with van der Waals surface area (Å²) in [5.41, 5.74) is 5.79. The summed E-state index contributed by atoms with van der Waals surface area (Å²) in [6, 6.07) is 8.10. The third-order valence-electron chi connectivity index (χ3n) is 3.94. The van der Waals surface area contributed by atoms with E-state index in [9.17, 15) is 24.0 Å². The molecule has 0 fully saturated rings. The van der Waals surface area contributed by atoms with Crippen LogP contribution in [-0.2, 0) is 39.9 Å². The van der Waals surface area contributed by atoms with Crippen LogP contribution in [0.5, 0.6) is 0 Å². The third-order valence-corrected chi connectivity index (χ3v) is 3.94. The van der Waals surface area contributed by atoms with E-state index in [2.05, 4.69) is 21.3 Å². The highest BCUT2D eigenvalue weighted by atomic mass is 16.5. The van der Waals surface area contributed by atoms with Crippen LogP contribution in [0.1, 0.15) is 12.0 Å². The van der Waals surface area contributed by atoms with Gasteiger partial charge < -0.3 is 36.5 Å². The molecule has 1 atom stereocenters. The molecule has 32 heavy (non-hydrogen) atoms. The molecule has 5 amide bonds. The molecule has 1 unspecified atom stereocenters. The number of carbonyl (C=O) groups is 5. The SMILES string of the molecule is NC(=O)CCOCCOCNC(=O)CNC(=O)C(Cc1ccccc1)NC(=O)CNC=O. The molecule has 0 saturated carbocycles. The highest BCUT2D eigenvalue weighted by Crippen LogP contribution is 2.03. The van der Waals surface area contributed by atoms with E-state index in [1.165, 1.54) is 0 Å². The monoisotopic (exact) mass is 451 g/mol. The Morgan fingerprint density at radius 2 is 1.66 bits per heavy atom. The highest BCUT2D eigenvalue weighted by molar-refractivity contribution is 5.91. The first-order chi connectivity index (χ1) is 15.4. The Hall–Kier alpha value is -3.51. The molecule has 0 bridgehead atoms. The summed E-state index contributed by atoms with van der Waals surface area (Å²) < 4.78 is 10.3. The van der Waals surface area contributed by atoms with Crippen LogP contribution in [-0.4, -0.2) is 75.7 Å². The van der Waals surface area contributed by atoms with Gasteiger partial charge in [-0.25, -0.2) is 0 Å². The van der Waals surface area contributed by atoms with E-state index in [-0.39, 0.29) is 52.5 Å². The Morgan fingerprint density at radius 3 is 2.34 bits per heavy atom. The average molecular weight is 451 g/mol. The number of rotatable bonds is 17. The van der Waals surface area contributed by atoms with Crippen LogP contribution in [0, 0.1) is 0 Å². The fourth-order valence-corrected chi connectivity index (χ4v) is 2.39. The molecule has 0 saturated heterocycles. The lowest BCUT2D eigenvalue weighted by atomic mass is 10.1. The van der Waals surface area contributed by atoms with E-state index in [0.717, 1.165) is 5.56 Å². The molecular formula is C20H29N5O7. The Balaban J connectivity index is 2.36. The molecule has 0 aromatic heterocycles. The number of hydrogen-bond acceptors (Lipinski definition) is 7. The number of carbonyl (C=O) groups excluding carboxylic acids is 5.